The molecule has 4 heterocycles. The zero-order chi connectivity index (χ0) is 20.7. The molecule has 1 aliphatic heterocycles. The molecule has 1 aromatic carbocycles. The molecule has 5 rings (SSSR count). The van der Waals surface area contributed by atoms with Gasteiger partial charge in [0.1, 0.15) is 17.2 Å². The summed E-state index contributed by atoms with van der Waals surface area (Å²) in [5.74, 6) is -0.212. The predicted molar refractivity (Wildman–Crippen MR) is 111 cm³/mol. The summed E-state index contributed by atoms with van der Waals surface area (Å²) in [6, 6.07) is 11.6. The third kappa shape index (κ3) is 3.18. The van der Waals surface area contributed by atoms with E-state index in [0.29, 0.717) is 23.3 Å². The van der Waals surface area contributed by atoms with E-state index in [-0.39, 0.29) is 17.8 Å². The van der Waals surface area contributed by atoms with Crippen molar-refractivity contribution < 1.29 is 13.9 Å². The highest BCUT2D eigenvalue weighted by Crippen LogP contribution is 2.36. The zero-order valence-corrected chi connectivity index (χ0v) is 16.2. The van der Waals surface area contributed by atoms with Crippen LogP contribution in [0.2, 0.25) is 0 Å². The van der Waals surface area contributed by atoms with Crippen molar-refractivity contribution in [3.05, 3.63) is 78.0 Å². The number of rotatable bonds is 3. The maximum atomic E-state index is 14.4. The topological polar surface area (TPSA) is 79.9 Å². The molecule has 7 heteroatoms. The van der Waals surface area contributed by atoms with Gasteiger partial charge in [-0.15, -0.1) is 0 Å². The van der Waals surface area contributed by atoms with Crippen LogP contribution in [0.4, 0.5) is 4.39 Å². The van der Waals surface area contributed by atoms with Gasteiger partial charge in [-0.25, -0.2) is 9.37 Å². The lowest BCUT2D eigenvalue weighted by atomic mass is 9.96. The quantitative estimate of drug-likeness (QED) is 0.532. The molecule has 0 saturated heterocycles. The van der Waals surface area contributed by atoms with E-state index in [4.69, 9.17) is 4.74 Å². The van der Waals surface area contributed by atoms with E-state index >= 15 is 0 Å². The summed E-state index contributed by atoms with van der Waals surface area (Å²) < 4.78 is 20.1. The number of nitrogens with one attached hydrogen (secondary N) is 2. The molecule has 1 amide bonds. The first-order valence-corrected chi connectivity index (χ1v) is 9.74. The van der Waals surface area contributed by atoms with Crippen molar-refractivity contribution in [2.24, 2.45) is 0 Å². The third-order valence-electron chi connectivity index (χ3n) is 5.32. The highest BCUT2D eigenvalue weighted by Gasteiger charge is 2.30. The van der Waals surface area contributed by atoms with Crippen LogP contribution in [-0.4, -0.2) is 27.0 Å². The number of pyridine rings is 2. The number of hydrogen-bond acceptors (Lipinski definition) is 4. The third-order valence-corrected chi connectivity index (χ3v) is 5.32. The number of H-pyrrole nitrogens is 1. The molecule has 0 bridgehead atoms. The Hall–Kier alpha value is -3.74. The second-order valence-corrected chi connectivity index (χ2v) is 7.37. The van der Waals surface area contributed by atoms with Crippen LogP contribution in [0, 0.1) is 5.82 Å². The first-order valence-electron chi connectivity index (χ1n) is 9.74. The summed E-state index contributed by atoms with van der Waals surface area (Å²) in [5, 5.41) is 3.90. The van der Waals surface area contributed by atoms with Gasteiger partial charge in [-0.3, -0.25) is 9.78 Å². The molecule has 0 aliphatic carbocycles. The highest BCUT2D eigenvalue weighted by molar-refractivity contribution is 5.95. The average molecular weight is 402 g/mol. The summed E-state index contributed by atoms with van der Waals surface area (Å²) >= 11 is 0. The Morgan fingerprint density at radius 1 is 1.20 bits per heavy atom. The van der Waals surface area contributed by atoms with Crippen LogP contribution in [-0.2, 0) is 0 Å². The lowest BCUT2D eigenvalue weighted by Crippen LogP contribution is -2.35. The van der Waals surface area contributed by atoms with Crippen molar-refractivity contribution in [2.45, 2.75) is 25.5 Å². The summed E-state index contributed by atoms with van der Waals surface area (Å²) in [7, 11) is 0. The van der Waals surface area contributed by atoms with Crippen LogP contribution in [0.25, 0.3) is 22.3 Å². The molecule has 2 unspecified atom stereocenters. The number of hydrogen-bond donors (Lipinski definition) is 2. The van der Waals surface area contributed by atoms with Crippen LogP contribution >= 0.6 is 0 Å². The second-order valence-electron chi connectivity index (χ2n) is 7.37. The Morgan fingerprint density at radius 2 is 2.10 bits per heavy atom. The Balaban J connectivity index is 1.40. The van der Waals surface area contributed by atoms with E-state index in [1.165, 1.54) is 12.3 Å². The van der Waals surface area contributed by atoms with Crippen LogP contribution in [0.3, 0.4) is 0 Å². The van der Waals surface area contributed by atoms with Gasteiger partial charge in [0.2, 0.25) is 0 Å². The van der Waals surface area contributed by atoms with Gasteiger partial charge in [0.05, 0.1) is 29.0 Å². The molecule has 30 heavy (non-hydrogen) atoms. The van der Waals surface area contributed by atoms with Crippen LogP contribution < -0.4 is 10.1 Å². The molecular weight excluding hydrogens is 383 g/mol. The Bertz CT molecular complexity index is 1240. The second kappa shape index (κ2) is 7.26. The Kier molecular flexibility index (Phi) is 4.43. The van der Waals surface area contributed by atoms with Crippen LogP contribution in [0.15, 0.2) is 61.1 Å². The predicted octanol–water partition coefficient (Wildman–Crippen LogP) is 4.41. The number of carbonyl (C=O) groups is 1. The fraction of sp³-hybridized carbons (Fsp3) is 0.174. The molecule has 0 radical (unpaired) electrons. The monoisotopic (exact) mass is 402 g/mol. The minimum atomic E-state index is -0.461. The number of amides is 1. The number of halogens is 1. The number of carbonyl (C=O) groups excluding carboxylic acids is 1. The van der Waals surface area contributed by atoms with E-state index in [0.717, 1.165) is 22.3 Å². The summed E-state index contributed by atoms with van der Waals surface area (Å²) in [4.78, 5) is 24.7. The number of fused-ring (bicyclic) bond motifs is 2. The molecular formula is C23H19FN4O2. The number of aromatic nitrogens is 3. The van der Waals surface area contributed by atoms with Gasteiger partial charge < -0.3 is 15.0 Å². The van der Waals surface area contributed by atoms with E-state index < -0.39 is 6.04 Å². The molecule has 2 atom stereocenters. The van der Waals surface area contributed by atoms with Crippen LogP contribution in [0.5, 0.6) is 5.75 Å². The molecule has 1 aliphatic rings. The summed E-state index contributed by atoms with van der Waals surface area (Å²) in [5.41, 5.74) is 3.26. The van der Waals surface area contributed by atoms with Gasteiger partial charge >= 0.3 is 0 Å². The smallest absolute Gasteiger partial charge is 0.253 e. The average Bonchev–Trinajstić information content (AvgIpc) is 3.22. The number of aromatic amines is 1. The fourth-order valence-electron chi connectivity index (χ4n) is 3.92. The first-order chi connectivity index (χ1) is 14.6. The van der Waals surface area contributed by atoms with Gasteiger partial charge in [0, 0.05) is 36.0 Å². The van der Waals surface area contributed by atoms with Gasteiger partial charge in [-0.05, 0) is 43.3 Å². The molecule has 0 saturated carbocycles. The van der Waals surface area contributed by atoms with E-state index in [2.05, 4.69) is 20.3 Å². The molecule has 0 spiro atoms. The van der Waals surface area contributed by atoms with Crippen molar-refractivity contribution in [1.82, 2.24) is 20.3 Å². The number of ether oxygens (including phenoxy) is 1. The lowest BCUT2D eigenvalue weighted by molar-refractivity contribution is 0.0904. The summed E-state index contributed by atoms with van der Waals surface area (Å²) in [6.07, 6.45) is 5.45. The standard InChI is InChI=1S/C23H19FN4O2/c1-13-11-19(21-17(24)3-2-4-20(21)30-13)28-23(29)14-5-6-18(27-12-14)15-7-9-25-22-16(15)8-10-26-22/h2-10,12-13,19H,11H2,1H3,(H,25,26)(H,28,29). The Labute approximate surface area is 172 Å². The fourth-order valence-corrected chi connectivity index (χ4v) is 3.92. The largest absolute Gasteiger partial charge is 0.490 e. The van der Waals surface area contributed by atoms with Crippen molar-refractivity contribution >= 4 is 16.9 Å². The van der Waals surface area contributed by atoms with Crippen molar-refractivity contribution in [3.63, 3.8) is 0 Å². The van der Waals surface area contributed by atoms with Crippen molar-refractivity contribution in [1.29, 1.82) is 0 Å². The first kappa shape index (κ1) is 18.3. The lowest BCUT2D eigenvalue weighted by Gasteiger charge is -2.31. The van der Waals surface area contributed by atoms with Gasteiger partial charge in [0.25, 0.3) is 5.91 Å². The maximum Gasteiger partial charge on any atom is 0.253 e. The normalized spacial score (nSPS) is 17.9. The van der Waals surface area contributed by atoms with Gasteiger partial charge in [-0.2, -0.15) is 0 Å². The van der Waals surface area contributed by atoms with Crippen molar-refractivity contribution in [2.75, 3.05) is 0 Å². The number of nitrogens with zero attached hydrogens (tertiary/aromatic N) is 2. The van der Waals surface area contributed by atoms with Crippen LogP contribution in [0.1, 0.15) is 35.3 Å². The van der Waals surface area contributed by atoms with E-state index in [1.54, 1.807) is 30.5 Å². The van der Waals surface area contributed by atoms with Crippen molar-refractivity contribution in [3.8, 4) is 17.0 Å². The molecule has 6 nitrogen and oxygen atoms in total. The zero-order valence-electron chi connectivity index (χ0n) is 16.2. The minimum Gasteiger partial charge on any atom is -0.490 e. The van der Waals surface area contributed by atoms with E-state index in [1.807, 2.05) is 25.3 Å². The number of benzene rings is 1. The molecule has 0 fully saturated rings. The molecule has 4 aromatic rings. The SMILES string of the molecule is CC1CC(NC(=O)c2ccc(-c3ccnc4[nH]ccc34)nc2)c2c(F)cccc2O1. The van der Waals surface area contributed by atoms with Gasteiger partial charge in [-0.1, -0.05) is 6.07 Å². The van der Waals surface area contributed by atoms with E-state index in [9.17, 15) is 9.18 Å². The minimum absolute atomic E-state index is 0.124. The van der Waals surface area contributed by atoms with Gasteiger partial charge in [0.15, 0.2) is 0 Å². The highest BCUT2D eigenvalue weighted by atomic mass is 19.1. The molecule has 2 N–H and O–H groups in total. The molecule has 3 aromatic heterocycles. The maximum absolute atomic E-state index is 14.4. The molecule has 150 valence electrons. The Morgan fingerprint density at radius 3 is 2.93 bits per heavy atom. The summed E-state index contributed by atoms with van der Waals surface area (Å²) in [6.45, 7) is 1.90.